The molecule has 0 saturated heterocycles. The quantitative estimate of drug-likeness (QED) is 0.357. The van der Waals surface area contributed by atoms with Crippen LogP contribution in [-0.2, 0) is 0 Å². The summed E-state index contributed by atoms with van der Waals surface area (Å²) in [6, 6.07) is 0. The van der Waals surface area contributed by atoms with Crippen LogP contribution in [0.15, 0.2) is 0 Å². The van der Waals surface area contributed by atoms with Gasteiger partial charge in [0.05, 0.1) is 0 Å². The summed E-state index contributed by atoms with van der Waals surface area (Å²) < 4.78 is 0. The summed E-state index contributed by atoms with van der Waals surface area (Å²) in [4.78, 5) is 1.75. The molecule has 0 rings (SSSR count). The van der Waals surface area contributed by atoms with Gasteiger partial charge < -0.3 is 10.6 Å². The molecule has 0 fully saturated rings. The number of rotatable bonds is 5. The van der Waals surface area contributed by atoms with Gasteiger partial charge in [0.1, 0.15) is 0 Å². The molecule has 3 heteroatoms. The lowest BCUT2D eigenvalue weighted by molar-refractivity contribution is 0.466. The lowest BCUT2D eigenvalue weighted by atomic mass is 10.2. The van der Waals surface area contributed by atoms with Crippen molar-refractivity contribution in [2.75, 3.05) is 13.6 Å². The topological polar surface area (TPSA) is 53.1 Å². The third kappa shape index (κ3) is 5.70. The van der Waals surface area contributed by atoms with Gasteiger partial charge in [-0.3, -0.25) is 5.41 Å². The highest BCUT2D eigenvalue weighted by atomic mass is 15.2. The molecule has 65 valence electrons. The Hall–Kier alpha value is -0.730. The first kappa shape index (κ1) is 10.3. The number of hydrogen-bond acceptors (Lipinski definition) is 1. The minimum atomic E-state index is 0.152. The van der Waals surface area contributed by atoms with E-state index in [1.54, 1.807) is 4.90 Å². The fourth-order valence-corrected chi connectivity index (χ4v) is 0.823. The van der Waals surface area contributed by atoms with E-state index in [1.807, 2.05) is 7.05 Å². The maximum atomic E-state index is 7.07. The second-order valence-electron chi connectivity index (χ2n) is 2.72. The molecule has 11 heavy (non-hydrogen) atoms. The molecule has 0 unspecified atom stereocenters. The van der Waals surface area contributed by atoms with Crippen LogP contribution < -0.4 is 5.73 Å². The summed E-state index contributed by atoms with van der Waals surface area (Å²) in [5.74, 6) is 0.152. The molecule has 0 atom stereocenters. The summed E-state index contributed by atoms with van der Waals surface area (Å²) in [5.41, 5.74) is 5.25. The average molecular weight is 156 g/mol. The van der Waals surface area contributed by atoms with Gasteiger partial charge >= 0.3 is 0 Å². The van der Waals surface area contributed by atoms with Gasteiger partial charge in [-0.15, -0.1) is 0 Å². The lowest BCUT2D eigenvalue weighted by Gasteiger charge is -2.15. The fourth-order valence-electron chi connectivity index (χ4n) is 0.823. The smallest absolute Gasteiger partial charge is 0.188 e. The van der Waals surface area contributed by atoms with E-state index in [4.69, 9.17) is 11.1 Å². The van der Waals surface area contributed by atoms with Crippen LogP contribution in [0, 0.1) is 12.3 Å². The Morgan fingerprint density at radius 1 is 1.45 bits per heavy atom. The van der Waals surface area contributed by atoms with E-state index in [0.717, 1.165) is 19.4 Å². The average Bonchev–Trinajstić information content (AvgIpc) is 1.97. The standard InChI is InChI=1S/C8H18N3/c1-3-4-5-6-7-11(2)8(9)10/h1,3-7H2,2H3,(H3,9,10). The van der Waals surface area contributed by atoms with Crippen LogP contribution in [0.5, 0.6) is 0 Å². The first-order chi connectivity index (χ1) is 5.18. The number of unbranched alkanes of at least 4 members (excludes halogenated alkanes) is 3. The molecule has 0 amide bonds. The highest BCUT2D eigenvalue weighted by molar-refractivity contribution is 5.74. The van der Waals surface area contributed by atoms with Crippen molar-refractivity contribution < 1.29 is 0 Å². The number of hydrogen-bond donors (Lipinski definition) is 2. The molecule has 0 aromatic rings. The first-order valence-electron chi connectivity index (χ1n) is 4.03. The zero-order valence-corrected chi connectivity index (χ0v) is 7.27. The summed E-state index contributed by atoms with van der Waals surface area (Å²) in [6.45, 7) is 4.64. The summed E-state index contributed by atoms with van der Waals surface area (Å²) in [6.07, 6.45) is 4.46. The number of nitrogens with zero attached hydrogens (tertiary/aromatic N) is 1. The number of guanidine groups is 1. The molecular weight excluding hydrogens is 138 g/mol. The number of nitrogens with two attached hydrogens (primary N) is 1. The molecule has 0 heterocycles. The first-order valence-corrected chi connectivity index (χ1v) is 4.03. The Morgan fingerprint density at radius 2 is 2.09 bits per heavy atom. The zero-order chi connectivity index (χ0) is 8.69. The maximum Gasteiger partial charge on any atom is 0.188 e. The Kier molecular flexibility index (Phi) is 5.61. The SMILES string of the molecule is [CH2]CCCCCN(C)C(=N)N. The van der Waals surface area contributed by atoms with Gasteiger partial charge in [0.2, 0.25) is 0 Å². The van der Waals surface area contributed by atoms with Gasteiger partial charge in [-0.2, -0.15) is 0 Å². The van der Waals surface area contributed by atoms with Gasteiger partial charge in [0, 0.05) is 13.6 Å². The van der Waals surface area contributed by atoms with E-state index >= 15 is 0 Å². The van der Waals surface area contributed by atoms with Crippen molar-refractivity contribution >= 4 is 5.96 Å². The summed E-state index contributed by atoms with van der Waals surface area (Å²) >= 11 is 0. The van der Waals surface area contributed by atoms with Crippen LogP contribution in [0.1, 0.15) is 25.7 Å². The van der Waals surface area contributed by atoms with Crippen LogP contribution in [-0.4, -0.2) is 24.5 Å². The Balaban J connectivity index is 3.17. The van der Waals surface area contributed by atoms with E-state index in [1.165, 1.54) is 12.8 Å². The fraction of sp³-hybridized carbons (Fsp3) is 0.750. The second-order valence-corrected chi connectivity index (χ2v) is 2.72. The van der Waals surface area contributed by atoms with Crippen LogP contribution in [0.4, 0.5) is 0 Å². The van der Waals surface area contributed by atoms with Gasteiger partial charge in [-0.05, 0) is 6.42 Å². The van der Waals surface area contributed by atoms with E-state index in [0.29, 0.717) is 0 Å². The number of nitrogens with one attached hydrogen (secondary N) is 1. The van der Waals surface area contributed by atoms with Gasteiger partial charge in [-0.1, -0.05) is 26.2 Å². The minimum absolute atomic E-state index is 0.152. The molecule has 0 aliphatic carbocycles. The van der Waals surface area contributed by atoms with E-state index in [9.17, 15) is 0 Å². The Labute approximate surface area is 69.1 Å². The van der Waals surface area contributed by atoms with E-state index in [2.05, 4.69) is 6.92 Å². The predicted molar refractivity (Wildman–Crippen MR) is 48.4 cm³/mol. The molecular formula is C8H18N3. The van der Waals surface area contributed by atoms with Crippen molar-refractivity contribution in [3.05, 3.63) is 6.92 Å². The van der Waals surface area contributed by atoms with Crippen molar-refractivity contribution in [2.24, 2.45) is 5.73 Å². The Bertz CT molecular complexity index is 112. The van der Waals surface area contributed by atoms with Gasteiger partial charge in [-0.25, -0.2) is 0 Å². The largest absolute Gasteiger partial charge is 0.370 e. The molecule has 0 aliphatic rings. The molecule has 3 nitrogen and oxygen atoms in total. The van der Waals surface area contributed by atoms with Gasteiger partial charge in [0.25, 0.3) is 0 Å². The monoisotopic (exact) mass is 156 g/mol. The zero-order valence-electron chi connectivity index (χ0n) is 7.27. The molecule has 0 aliphatic heterocycles. The van der Waals surface area contributed by atoms with Crippen molar-refractivity contribution in [2.45, 2.75) is 25.7 Å². The lowest BCUT2D eigenvalue weighted by Crippen LogP contribution is -2.33. The molecule has 0 aromatic carbocycles. The molecule has 1 radical (unpaired) electrons. The molecule has 0 bridgehead atoms. The second kappa shape index (κ2) is 6.01. The van der Waals surface area contributed by atoms with Crippen LogP contribution in [0.2, 0.25) is 0 Å². The normalized spacial score (nSPS) is 9.64. The van der Waals surface area contributed by atoms with Crippen molar-refractivity contribution in [3.8, 4) is 0 Å². The predicted octanol–water partition coefficient (Wildman–Crippen LogP) is 1.21. The highest BCUT2D eigenvalue weighted by Crippen LogP contribution is 1.98. The molecule has 0 aromatic heterocycles. The Morgan fingerprint density at radius 3 is 2.55 bits per heavy atom. The van der Waals surface area contributed by atoms with Crippen molar-refractivity contribution in [1.29, 1.82) is 5.41 Å². The molecule has 3 N–H and O–H groups in total. The maximum absolute atomic E-state index is 7.07. The van der Waals surface area contributed by atoms with E-state index < -0.39 is 0 Å². The van der Waals surface area contributed by atoms with Crippen LogP contribution in [0.25, 0.3) is 0 Å². The summed E-state index contributed by atoms with van der Waals surface area (Å²) in [7, 11) is 1.84. The van der Waals surface area contributed by atoms with Gasteiger partial charge in [0.15, 0.2) is 5.96 Å². The van der Waals surface area contributed by atoms with E-state index in [-0.39, 0.29) is 5.96 Å². The molecule has 0 spiro atoms. The third-order valence-corrected chi connectivity index (χ3v) is 1.65. The minimum Gasteiger partial charge on any atom is -0.370 e. The summed E-state index contributed by atoms with van der Waals surface area (Å²) in [5, 5.41) is 7.07. The van der Waals surface area contributed by atoms with Crippen molar-refractivity contribution in [1.82, 2.24) is 4.90 Å². The van der Waals surface area contributed by atoms with Crippen molar-refractivity contribution in [3.63, 3.8) is 0 Å². The highest BCUT2D eigenvalue weighted by Gasteiger charge is 1.97. The third-order valence-electron chi connectivity index (χ3n) is 1.65. The van der Waals surface area contributed by atoms with Crippen LogP contribution in [0.3, 0.4) is 0 Å². The molecule has 0 saturated carbocycles. The van der Waals surface area contributed by atoms with Crippen LogP contribution >= 0.6 is 0 Å².